The molecule has 0 spiro atoms. The van der Waals surface area contributed by atoms with Crippen LogP contribution in [0.4, 0.5) is 30.8 Å². The Bertz CT molecular complexity index is 643. The lowest BCUT2D eigenvalue weighted by Gasteiger charge is -2.48. The minimum absolute atomic E-state index is 0.198. The van der Waals surface area contributed by atoms with Crippen molar-refractivity contribution in [1.29, 1.82) is 0 Å². The highest BCUT2D eigenvalue weighted by Crippen LogP contribution is 2.27. The molecule has 0 atom stereocenters. The first-order valence-electron chi connectivity index (χ1n) is 6.69. The molecule has 0 aliphatic carbocycles. The standard InChI is InChI=1S/C7H14ClFN2.2CHF3O3S/c8-7-10-1-4-11(9,5-2-10)6-3-10;2*2-1(3,4)8(5,6)7/h1-7H2;2*(H,5,6,7)/q+2;;/p-2. The van der Waals surface area contributed by atoms with E-state index in [1.54, 1.807) is 0 Å². The van der Waals surface area contributed by atoms with Crippen molar-refractivity contribution >= 4 is 31.8 Å². The van der Waals surface area contributed by atoms with Crippen LogP contribution in [0.25, 0.3) is 0 Å². The van der Waals surface area contributed by atoms with E-state index in [2.05, 4.69) is 0 Å². The summed E-state index contributed by atoms with van der Waals surface area (Å²) in [4.78, 5) is 0. The molecule has 0 amide bonds. The van der Waals surface area contributed by atoms with Crippen molar-refractivity contribution in [3.05, 3.63) is 0 Å². The zero-order valence-electron chi connectivity index (χ0n) is 13.1. The SMILES string of the molecule is F[N+]12CC[N+](CCl)(CC1)CC2.O=S(=O)([O-])C(F)(F)F.O=S(=O)([O-])C(F)(F)F. The van der Waals surface area contributed by atoms with Crippen LogP contribution in [0.3, 0.4) is 0 Å². The Labute approximate surface area is 154 Å². The van der Waals surface area contributed by atoms with Crippen molar-refractivity contribution < 1.29 is 66.0 Å². The Morgan fingerprint density at radius 3 is 1.11 bits per heavy atom. The fourth-order valence-corrected chi connectivity index (χ4v) is 2.38. The second-order valence-electron chi connectivity index (χ2n) is 5.63. The van der Waals surface area contributed by atoms with E-state index in [0.29, 0.717) is 25.6 Å². The summed E-state index contributed by atoms with van der Waals surface area (Å²) in [6.45, 7) is 4.81. The van der Waals surface area contributed by atoms with Gasteiger partial charge in [0.25, 0.3) is 0 Å². The number of nitrogens with zero attached hydrogens (tertiary/aromatic N) is 2. The predicted molar refractivity (Wildman–Crippen MR) is 73.1 cm³/mol. The maximum Gasteiger partial charge on any atom is 0.485 e. The third kappa shape index (κ3) is 8.20. The number of fused-ring (bicyclic) bond motifs is 3. The summed E-state index contributed by atoms with van der Waals surface area (Å²) in [5, 5.41) is 0. The van der Waals surface area contributed by atoms with E-state index >= 15 is 0 Å². The zero-order chi connectivity index (χ0) is 21.9. The molecule has 18 heteroatoms. The molecule has 0 aromatic carbocycles. The van der Waals surface area contributed by atoms with Crippen LogP contribution in [0.1, 0.15) is 0 Å². The molecule has 3 heterocycles. The van der Waals surface area contributed by atoms with E-state index in [4.69, 9.17) is 37.5 Å². The molecule has 0 saturated carbocycles. The Hall–Kier alpha value is -0.460. The average Bonchev–Trinajstić information content (AvgIpc) is 2.46. The van der Waals surface area contributed by atoms with Gasteiger partial charge in [-0.15, -0.1) is 4.71 Å². The van der Waals surface area contributed by atoms with Crippen molar-refractivity contribution in [1.82, 2.24) is 0 Å². The van der Waals surface area contributed by atoms with E-state index in [-0.39, 0.29) is 4.71 Å². The van der Waals surface area contributed by atoms with Crippen molar-refractivity contribution in [3.63, 3.8) is 0 Å². The summed E-state index contributed by atoms with van der Waals surface area (Å²) in [5.41, 5.74) is -11.3. The lowest BCUT2D eigenvalue weighted by Crippen LogP contribution is -2.71. The molecule has 27 heavy (non-hydrogen) atoms. The number of piperazine rings is 3. The van der Waals surface area contributed by atoms with Gasteiger partial charge in [-0.3, -0.25) is 4.48 Å². The van der Waals surface area contributed by atoms with Gasteiger partial charge in [0.05, 0.1) is 0 Å². The third-order valence-electron chi connectivity index (χ3n) is 3.75. The minimum Gasteiger partial charge on any atom is -0.741 e. The lowest BCUT2D eigenvalue weighted by atomic mass is 10.2. The molecular weight excluding hydrogens is 465 g/mol. The second-order valence-corrected chi connectivity index (χ2v) is 8.61. The smallest absolute Gasteiger partial charge is 0.485 e. The highest BCUT2D eigenvalue weighted by atomic mass is 35.5. The van der Waals surface area contributed by atoms with E-state index in [0.717, 1.165) is 24.1 Å². The number of halogens is 8. The molecule has 2 bridgehead atoms. The van der Waals surface area contributed by atoms with Gasteiger partial charge in [0.2, 0.25) is 0 Å². The summed E-state index contributed by atoms with van der Waals surface area (Å²) < 4.78 is 132. The number of alkyl halides is 7. The van der Waals surface area contributed by atoms with Gasteiger partial charge in [0.15, 0.2) is 45.9 Å². The largest absolute Gasteiger partial charge is 0.741 e. The van der Waals surface area contributed by atoms with Crippen molar-refractivity contribution in [3.8, 4) is 0 Å². The fraction of sp³-hybridized carbons (Fsp3) is 1.00. The number of hydrogen-bond acceptors (Lipinski definition) is 6. The number of quaternary nitrogens is 2. The zero-order valence-corrected chi connectivity index (χ0v) is 15.5. The molecule has 0 radical (unpaired) electrons. The Kier molecular flexibility index (Phi) is 8.35. The van der Waals surface area contributed by atoms with Crippen LogP contribution in [0, 0.1) is 0 Å². The van der Waals surface area contributed by atoms with Crippen LogP contribution < -0.4 is 0 Å². The Balaban J connectivity index is 0.000000387. The molecule has 8 nitrogen and oxygen atoms in total. The molecular formula is C9H14ClF7N2O6S2. The third-order valence-corrected chi connectivity index (χ3v) is 5.39. The van der Waals surface area contributed by atoms with Gasteiger partial charge in [0.1, 0.15) is 19.6 Å². The summed E-state index contributed by atoms with van der Waals surface area (Å²) in [7, 11) is -12.2. The van der Waals surface area contributed by atoms with Gasteiger partial charge in [-0.05, 0) is 4.48 Å². The maximum atomic E-state index is 13.5. The highest BCUT2D eigenvalue weighted by Gasteiger charge is 2.50. The van der Waals surface area contributed by atoms with Gasteiger partial charge in [-0.25, -0.2) is 16.8 Å². The highest BCUT2D eigenvalue weighted by molar-refractivity contribution is 7.86. The number of rotatable bonds is 1. The average molecular weight is 479 g/mol. The molecule has 0 aromatic heterocycles. The topological polar surface area (TPSA) is 114 Å². The van der Waals surface area contributed by atoms with Gasteiger partial charge < -0.3 is 9.11 Å². The summed E-state index contributed by atoms with van der Waals surface area (Å²) in [6, 6.07) is 0.667. The van der Waals surface area contributed by atoms with Crippen molar-refractivity contribution in [2.45, 2.75) is 11.0 Å². The van der Waals surface area contributed by atoms with Crippen LogP contribution in [-0.4, -0.2) is 91.4 Å². The molecule has 3 fully saturated rings. The Morgan fingerprint density at radius 1 is 0.741 bits per heavy atom. The molecule has 0 aromatic rings. The molecule has 0 N–H and O–H groups in total. The summed E-state index contributed by atoms with van der Waals surface area (Å²) >= 11 is 5.85. The monoisotopic (exact) mass is 478 g/mol. The number of hydrogen-bond donors (Lipinski definition) is 0. The molecule has 0 unspecified atom stereocenters. The first-order valence-corrected chi connectivity index (χ1v) is 10.0. The predicted octanol–water partition coefficient (Wildman–Crippen LogP) is 0.831. The van der Waals surface area contributed by atoms with Gasteiger partial charge in [-0.2, -0.15) is 26.3 Å². The van der Waals surface area contributed by atoms with Crippen LogP contribution >= 0.6 is 11.6 Å². The van der Waals surface area contributed by atoms with Crippen LogP contribution in [-0.2, 0) is 20.2 Å². The first-order chi connectivity index (χ1) is 11.7. The second kappa shape index (κ2) is 8.50. The normalized spacial score (nSPS) is 28.5. The van der Waals surface area contributed by atoms with E-state index < -0.39 is 31.3 Å². The molecule has 164 valence electrons. The van der Waals surface area contributed by atoms with Crippen molar-refractivity contribution in [2.24, 2.45) is 0 Å². The maximum absolute atomic E-state index is 13.5. The van der Waals surface area contributed by atoms with Gasteiger partial charge >= 0.3 is 11.0 Å². The minimum atomic E-state index is -6.09. The molecule has 3 saturated heterocycles. The van der Waals surface area contributed by atoms with E-state index in [9.17, 15) is 30.8 Å². The van der Waals surface area contributed by atoms with Crippen LogP contribution in [0.15, 0.2) is 0 Å². The first kappa shape index (κ1) is 26.5. The van der Waals surface area contributed by atoms with Gasteiger partial charge in [-0.1, -0.05) is 11.6 Å². The Morgan fingerprint density at radius 2 is 0.963 bits per heavy atom. The van der Waals surface area contributed by atoms with Crippen LogP contribution in [0.2, 0.25) is 0 Å². The van der Waals surface area contributed by atoms with Crippen molar-refractivity contribution in [2.75, 3.05) is 45.3 Å². The molecule has 3 aliphatic heterocycles. The van der Waals surface area contributed by atoms with E-state index in [1.165, 1.54) is 0 Å². The van der Waals surface area contributed by atoms with E-state index in [1.807, 2.05) is 0 Å². The quantitative estimate of drug-likeness (QED) is 0.105. The lowest BCUT2D eigenvalue weighted by molar-refractivity contribution is -1.15. The molecule has 3 rings (SSSR count). The molecule has 3 aliphatic rings. The van der Waals surface area contributed by atoms with Gasteiger partial charge in [0, 0.05) is 0 Å². The summed E-state index contributed by atoms with van der Waals surface area (Å²) in [6.07, 6.45) is 0. The summed E-state index contributed by atoms with van der Waals surface area (Å²) in [5.74, 6) is 0. The van der Waals surface area contributed by atoms with Crippen LogP contribution in [0.5, 0.6) is 0 Å². The fourth-order valence-electron chi connectivity index (χ4n) is 2.02.